The quantitative estimate of drug-likeness (QED) is 0.455. The van der Waals surface area contributed by atoms with Gasteiger partial charge in [0.1, 0.15) is 0 Å². The van der Waals surface area contributed by atoms with E-state index >= 15 is 0 Å². The second-order valence-corrected chi connectivity index (χ2v) is 4.08. The molecule has 0 heterocycles. The summed E-state index contributed by atoms with van der Waals surface area (Å²) < 4.78 is 0. The first-order chi connectivity index (χ1) is 6.74. The predicted octanol–water partition coefficient (Wildman–Crippen LogP) is 2.26. The maximum Gasteiger partial charge on any atom is 0.00187 e. The number of hydrogen-bond donors (Lipinski definition) is 1. The van der Waals surface area contributed by atoms with Crippen molar-refractivity contribution in [3.63, 3.8) is 0 Å². The number of nitrogens with zero attached hydrogens (tertiary/aromatic N) is 1. The first-order valence-corrected chi connectivity index (χ1v) is 5.74. The Kier molecular flexibility index (Phi) is 9.00. The number of hydrogen-bond acceptors (Lipinski definition) is 2. The van der Waals surface area contributed by atoms with Crippen LogP contribution in [0.15, 0.2) is 12.7 Å². The molecule has 0 fully saturated rings. The largest absolute Gasteiger partial charge is 0.330 e. The molecule has 0 bridgehead atoms. The normalized spacial score (nSPS) is 13.1. The monoisotopic (exact) mass is 198 g/mol. The van der Waals surface area contributed by atoms with Gasteiger partial charge in [-0.1, -0.05) is 19.4 Å². The van der Waals surface area contributed by atoms with Gasteiger partial charge in [-0.2, -0.15) is 0 Å². The van der Waals surface area contributed by atoms with Crippen molar-refractivity contribution < 1.29 is 0 Å². The summed E-state index contributed by atoms with van der Waals surface area (Å²) in [6.45, 7) is 9.07. The first-order valence-electron chi connectivity index (χ1n) is 5.74. The Bertz CT molecular complexity index is 134. The molecule has 84 valence electrons. The Labute approximate surface area is 89.2 Å². The summed E-state index contributed by atoms with van der Waals surface area (Å²) in [5, 5.41) is 0. The van der Waals surface area contributed by atoms with E-state index in [1.54, 1.807) is 0 Å². The Hall–Kier alpha value is -0.340. The van der Waals surface area contributed by atoms with Gasteiger partial charge in [-0.3, -0.25) is 0 Å². The van der Waals surface area contributed by atoms with Crippen LogP contribution < -0.4 is 5.73 Å². The molecular weight excluding hydrogens is 172 g/mol. The summed E-state index contributed by atoms with van der Waals surface area (Å²) in [6.07, 6.45) is 6.81. The fraction of sp³-hybridized carbons (Fsp3) is 0.833. The van der Waals surface area contributed by atoms with Gasteiger partial charge in [0.2, 0.25) is 0 Å². The van der Waals surface area contributed by atoms with Gasteiger partial charge in [0.15, 0.2) is 0 Å². The number of allylic oxidation sites excluding steroid dienone is 1. The molecule has 1 atom stereocenters. The molecule has 0 radical (unpaired) electrons. The molecule has 0 aromatic rings. The second kappa shape index (κ2) is 9.22. The lowest BCUT2D eigenvalue weighted by Crippen LogP contribution is -2.30. The molecule has 0 aliphatic rings. The van der Waals surface area contributed by atoms with Crippen LogP contribution in [0, 0.1) is 5.92 Å². The van der Waals surface area contributed by atoms with Crippen molar-refractivity contribution in [2.24, 2.45) is 11.7 Å². The van der Waals surface area contributed by atoms with Gasteiger partial charge in [-0.05, 0) is 45.3 Å². The highest BCUT2D eigenvalue weighted by atomic mass is 15.1. The third-order valence-electron chi connectivity index (χ3n) is 2.55. The molecule has 0 aromatic carbocycles. The van der Waals surface area contributed by atoms with Crippen LogP contribution in [0.2, 0.25) is 0 Å². The van der Waals surface area contributed by atoms with Gasteiger partial charge in [-0.25, -0.2) is 0 Å². The molecule has 14 heavy (non-hydrogen) atoms. The first kappa shape index (κ1) is 13.7. The number of nitrogens with two attached hydrogens (primary N) is 1. The Morgan fingerprint density at radius 2 is 2.21 bits per heavy atom. The molecule has 0 aliphatic carbocycles. The van der Waals surface area contributed by atoms with Gasteiger partial charge >= 0.3 is 0 Å². The summed E-state index contributed by atoms with van der Waals surface area (Å²) in [7, 11) is 2.18. The van der Waals surface area contributed by atoms with Crippen LogP contribution in [0.1, 0.15) is 32.6 Å². The molecule has 0 aromatic heterocycles. The summed E-state index contributed by atoms with van der Waals surface area (Å²) in [5.41, 5.74) is 5.72. The van der Waals surface area contributed by atoms with E-state index in [0.29, 0.717) is 5.92 Å². The van der Waals surface area contributed by atoms with Crippen LogP contribution in [0.4, 0.5) is 0 Å². The molecule has 2 nitrogen and oxygen atoms in total. The summed E-state index contributed by atoms with van der Waals surface area (Å²) in [6, 6.07) is 0. The molecular formula is C12H26N2. The van der Waals surface area contributed by atoms with Crippen molar-refractivity contribution in [3.8, 4) is 0 Å². The van der Waals surface area contributed by atoms with Crippen molar-refractivity contribution in [1.29, 1.82) is 0 Å². The van der Waals surface area contributed by atoms with E-state index in [1.807, 2.05) is 6.08 Å². The molecule has 0 amide bonds. The van der Waals surface area contributed by atoms with E-state index in [0.717, 1.165) is 26.1 Å². The van der Waals surface area contributed by atoms with E-state index in [-0.39, 0.29) is 0 Å². The number of rotatable bonds is 9. The predicted molar refractivity (Wildman–Crippen MR) is 64.4 cm³/mol. The van der Waals surface area contributed by atoms with Crippen molar-refractivity contribution in [3.05, 3.63) is 12.7 Å². The zero-order chi connectivity index (χ0) is 10.8. The van der Waals surface area contributed by atoms with Crippen LogP contribution in [0.5, 0.6) is 0 Å². The van der Waals surface area contributed by atoms with Gasteiger partial charge in [0, 0.05) is 6.54 Å². The molecule has 0 saturated heterocycles. The highest BCUT2D eigenvalue weighted by Gasteiger charge is 2.08. The lowest BCUT2D eigenvalue weighted by atomic mass is 10.0. The average Bonchev–Trinajstić information content (AvgIpc) is 2.17. The fourth-order valence-electron chi connectivity index (χ4n) is 1.73. The summed E-state index contributed by atoms with van der Waals surface area (Å²) >= 11 is 0. The van der Waals surface area contributed by atoms with Gasteiger partial charge in [0.05, 0.1) is 0 Å². The van der Waals surface area contributed by atoms with Crippen LogP contribution in [-0.4, -0.2) is 31.6 Å². The van der Waals surface area contributed by atoms with E-state index in [9.17, 15) is 0 Å². The topological polar surface area (TPSA) is 29.3 Å². The summed E-state index contributed by atoms with van der Waals surface area (Å²) in [4.78, 5) is 2.39. The third-order valence-corrected chi connectivity index (χ3v) is 2.55. The van der Waals surface area contributed by atoms with Crippen molar-refractivity contribution in [2.75, 3.05) is 26.7 Å². The Morgan fingerprint density at radius 3 is 2.71 bits per heavy atom. The van der Waals surface area contributed by atoms with E-state index in [1.165, 1.54) is 19.3 Å². The Balaban J connectivity index is 3.55. The lowest BCUT2D eigenvalue weighted by Gasteiger charge is -2.22. The summed E-state index contributed by atoms with van der Waals surface area (Å²) in [5.74, 6) is 0.675. The van der Waals surface area contributed by atoms with Crippen molar-refractivity contribution >= 4 is 0 Å². The van der Waals surface area contributed by atoms with Crippen LogP contribution in [-0.2, 0) is 0 Å². The lowest BCUT2D eigenvalue weighted by molar-refractivity contribution is 0.267. The van der Waals surface area contributed by atoms with E-state index in [2.05, 4.69) is 25.5 Å². The van der Waals surface area contributed by atoms with E-state index < -0.39 is 0 Å². The van der Waals surface area contributed by atoms with Crippen molar-refractivity contribution in [2.45, 2.75) is 32.6 Å². The van der Waals surface area contributed by atoms with Crippen molar-refractivity contribution in [1.82, 2.24) is 4.90 Å². The van der Waals surface area contributed by atoms with Crippen LogP contribution in [0.3, 0.4) is 0 Å². The maximum absolute atomic E-state index is 5.72. The molecule has 0 aliphatic heterocycles. The minimum absolute atomic E-state index is 0.675. The molecule has 2 heteroatoms. The SMILES string of the molecule is C=CCCCN(C)CC(CN)CCC. The maximum atomic E-state index is 5.72. The van der Waals surface area contributed by atoms with Gasteiger partial charge < -0.3 is 10.6 Å². The minimum Gasteiger partial charge on any atom is -0.330 e. The second-order valence-electron chi connectivity index (χ2n) is 4.08. The highest BCUT2D eigenvalue weighted by molar-refractivity contribution is 4.68. The third kappa shape index (κ3) is 7.10. The zero-order valence-electron chi connectivity index (χ0n) is 9.84. The molecule has 2 N–H and O–H groups in total. The van der Waals surface area contributed by atoms with Gasteiger partial charge in [0.25, 0.3) is 0 Å². The zero-order valence-corrected chi connectivity index (χ0v) is 9.84. The number of unbranched alkanes of at least 4 members (excludes halogenated alkanes) is 1. The molecule has 0 spiro atoms. The molecule has 0 saturated carbocycles. The average molecular weight is 198 g/mol. The van der Waals surface area contributed by atoms with Crippen LogP contribution >= 0.6 is 0 Å². The fourth-order valence-corrected chi connectivity index (χ4v) is 1.73. The molecule has 0 rings (SSSR count). The standard InChI is InChI=1S/C12H26N2/c1-4-6-7-9-14(3)11-12(10-13)8-5-2/h4,12H,1,5-11,13H2,2-3H3. The Morgan fingerprint density at radius 1 is 1.50 bits per heavy atom. The molecule has 1 unspecified atom stereocenters. The smallest absolute Gasteiger partial charge is 0.00187 e. The van der Waals surface area contributed by atoms with E-state index in [4.69, 9.17) is 5.73 Å². The van der Waals surface area contributed by atoms with Gasteiger partial charge in [-0.15, -0.1) is 6.58 Å². The van der Waals surface area contributed by atoms with Crippen LogP contribution in [0.25, 0.3) is 0 Å². The highest BCUT2D eigenvalue weighted by Crippen LogP contribution is 2.06. The minimum atomic E-state index is 0.675.